The molecule has 7 nitrogen and oxygen atoms in total. The number of sulfonamides is 1. The predicted octanol–water partition coefficient (Wildman–Crippen LogP) is 3.81. The number of fused-ring (bicyclic) bond motifs is 1. The number of carbonyl (C=O) groups excluding carboxylic acids is 2. The van der Waals surface area contributed by atoms with Crippen LogP contribution in [0.3, 0.4) is 0 Å². The van der Waals surface area contributed by atoms with Gasteiger partial charge in [-0.2, -0.15) is 0 Å². The summed E-state index contributed by atoms with van der Waals surface area (Å²) in [5, 5.41) is 2.74. The van der Waals surface area contributed by atoms with Crippen molar-refractivity contribution in [3.63, 3.8) is 0 Å². The first-order valence-electron chi connectivity index (χ1n) is 11.1. The maximum absolute atomic E-state index is 12.9. The third-order valence-electron chi connectivity index (χ3n) is 5.98. The summed E-state index contributed by atoms with van der Waals surface area (Å²) in [6, 6.07) is 19.5. The summed E-state index contributed by atoms with van der Waals surface area (Å²) < 4.78 is 27.4. The number of hydrogen-bond donors (Lipinski definition) is 2. The Morgan fingerprint density at radius 3 is 2.41 bits per heavy atom. The highest BCUT2D eigenvalue weighted by Crippen LogP contribution is 2.29. The molecule has 1 aliphatic rings. The minimum Gasteiger partial charge on any atom is -0.326 e. The largest absolute Gasteiger partial charge is 0.326 e. The number of anilines is 2. The molecule has 0 aliphatic carbocycles. The minimum atomic E-state index is -3.68. The second kappa shape index (κ2) is 9.79. The van der Waals surface area contributed by atoms with Crippen LogP contribution >= 0.6 is 0 Å². The lowest BCUT2D eigenvalue weighted by Crippen LogP contribution is -2.29. The van der Waals surface area contributed by atoms with Crippen LogP contribution in [-0.2, 0) is 21.2 Å². The standard InChI is InChI=1S/C26H27N3O4S/c1-18-7-12-23(17-19(18)2)34(32,33)27-15-13-25(30)28-22-10-8-21(9-11-22)26(31)29-16-14-20-5-3-4-6-24(20)29/h3-12,17,27H,13-16H2,1-2H3,(H,28,30). The molecule has 176 valence electrons. The zero-order chi connectivity index (χ0) is 24.3. The molecule has 0 unspecified atom stereocenters. The second-order valence-electron chi connectivity index (χ2n) is 8.35. The summed E-state index contributed by atoms with van der Waals surface area (Å²) in [5.74, 6) is -0.404. The number of benzene rings is 3. The quantitative estimate of drug-likeness (QED) is 0.541. The third kappa shape index (κ3) is 5.18. The Kier molecular flexibility index (Phi) is 6.81. The molecule has 0 aromatic heterocycles. The number of aryl methyl sites for hydroxylation is 2. The van der Waals surface area contributed by atoms with Gasteiger partial charge in [0, 0.05) is 36.4 Å². The number of nitrogens with one attached hydrogen (secondary N) is 2. The number of nitrogens with zero attached hydrogens (tertiary/aromatic N) is 1. The molecule has 3 aromatic carbocycles. The van der Waals surface area contributed by atoms with E-state index in [9.17, 15) is 18.0 Å². The average Bonchev–Trinajstić information content (AvgIpc) is 3.25. The van der Waals surface area contributed by atoms with Gasteiger partial charge in [-0.25, -0.2) is 13.1 Å². The average molecular weight is 478 g/mol. The van der Waals surface area contributed by atoms with Gasteiger partial charge >= 0.3 is 0 Å². The van der Waals surface area contributed by atoms with E-state index in [1.165, 1.54) is 0 Å². The van der Waals surface area contributed by atoms with Crippen molar-refractivity contribution in [2.45, 2.75) is 31.6 Å². The van der Waals surface area contributed by atoms with Crippen LogP contribution in [0.2, 0.25) is 0 Å². The number of carbonyl (C=O) groups is 2. The molecular formula is C26H27N3O4S. The molecule has 4 rings (SSSR count). The highest BCUT2D eigenvalue weighted by molar-refractivity contribution is 7.89. The summed E-state index contributed by atoms with van der Waals surface area (Å²) in [5.41, 5.74) is 5.07. The van der Waals surface area contributed by atoms with Gasteiger partial charge in [-0.05, 0) is 79.4 Å². The molecule has 1 heterocycles. The molecular weight excluding hydrogens is 450 g/mol. The van der Waals surface area contributed by atoms with Crippen molar-refractivity contribution in [1.82, 2.24) is 4.72 Å². The maximum atomic E-state index is 12.9. The fourth-order valence-electron chi connectivity index (χ4n) is 3.89. The first-order valence-corrected chi connectivity index (χ1v) is 12.6. The van der Waals surface area contributed by atoms with Crippen molar-refractivity contribution in [3.8, 4) is 0 Å². The molecule has 0 fully saturated rings. The minimum absolute atomic E-state index is 0.0185. The summed E-state index contributed by atoms with van der Waals surface area (Å²) >= 11 is 0. The van der Waals surface area contributed by atoms with Crippen molar-refractivity contribution in [3.05, 3.63) is 89.0 Å². The number of hydrogen-bond acceptors (Lipinski definition) is 4. The van der Waals surface area contributed by atoms with E-state index in [4.69, 9.17) is 0 Å². The summed E-state index contributed by atoms with van der Waals surface area (Å²) in [6.07, 6.45) is 0.818. The van der Waals surface area contributed by atoms with Gasteiger partial charge in [0.25, 0.3) is 5.91 Å². The van der Waals surface area contributed by atoms with E-state index in [-0.39, 0.29) is 29.7 Å². The molecule has 0 spiro atoms. The van der Waals surface area contributed by atoms with Crippen molar-refractivity contribution in [2.24, 2.45) is 0 Å². The van der Waals surface area contributed by atoms with E-state index in [0.29, 0.717) is 17.8 Å². The molecule has 0 atom stereocenters. The monoisotopic (exact) mass is 477 g/mol. The third-order valence-corrected chi connectivity index (χ3v) is 7.44. The van der Waals surface area contributed by atoms with Gasteiger partial charge in [-0.1, -0.05) is 24.3 Å². The predicted molar refractivity (Wildman–Crippen MR) is 133 cm³/mol. The van der Waals surface area contributed by atoms with Crippen LogP contribution in [0, 0.1) is 13.8 Å². The van der Waals surface area contributed by atoms with E-state index >= 15 is 0 Å². The van der Waals surface area contributed by atoms with E-state index < -0.39 is 10.0 Å². The fourth-order valence-corrected chi connectivity index (χ4v) is 5.00. The number of para-hydroxylation sites is 1. The van der Waals surface area contributed by atoms with Gasteiger partial charge in [-0.15, -0.1) is 0 Å². The summed E-state index contributed by atoms with van der Waals surface area (Å²) in [7, 11) is -3.68. The maximum Gasteiger partial charge on any atom is 0.258 e. The Balaban J connectivity index is 1.30. The van der Waals surface area contributed by atoms with E-state index in [1.54, 1.807) is 47.4 Å². The zero-order valence-electron chi connectivity index (χ0n) is 19.2. The van der Waals surface area contributed by atoms with Crippen LogP contribution in [0.4, 0.5) is 11.4 Å². The Labute approximate surface area is 199 Å². The summed E-state index contributed by atoms with van der Waals surface area (Å²) in [6.45, 7) is 4.39. The van der Waals surface area contributed by atoms with Crippen molar-refractivity contribution in [1.29, 1.82) is 0 Å². The van der Waals surface area contributed by atoms with Crippen LogP contribution in [0.1, 0.15) is 33.5 Å². The molecule has 1 aliphatic heterocycles. The molecule has 3 aromatic rings. The lowest BCUT2D eigenvalue weighted by Gasteiger charge is -2.17. The molecule has 0 saturated carbocycles. The Morgan fingerprint density at radius 1 is 0.941 bits per heavy atom. The lowest BCUT2D eigenvalue weighted by atomic mass is 10.1. The molecule has 0 bridgehead atoms. The van der Waals surface area contributed by atoms with Crippen LogP contribution in [0.25, 0.3) is 0 Å². The van der Waals surface area contributed by atoms with Crippen molar-refractivity contribution in [2.75, 3.05) is 23.3 Å². The zero-order valence-corrected chi connectivity index (χ0v) is 20.0. The van der Waals surface area contributed by atoms with E-state index in [0.717, 1.165) is 28.8 Å². The first kappa shape index (κ1) is 23.7. The fraction of sp³-hybridized carbons (Fsp3) is 0.231. The van der Waals surface area contributed by atoms with Gasteiger partial charge in [0.2, 0.25) is 15.9 Å². The Morgan fingerprint density at radius 2 is 1.68 bits per heavy atom. The van der Waals surface area contributed by atoms with Crippen molar-refractivity contribution >= 4 is 33.2 Å². The SMILES string of the molecule is Cc1ccc(S(=O)(=O)NCCC(=O)Nc2ccc(C(=O)N3CCc4ccccc43)cc2)cc1C. The van der Waals surface area contributed by atoms with E-state index in [2.05, 4.69) is 10.0 Å². The Hall–Kier alpha value is -3.49. The summed E-state index contributed by atoms with van der Waals surface area (Å²) in [4.78, 5) is 27.1. The molecule has 2 amide bonds. The van der Waals surface area contributed by atoms with Crippen LogP contribution in [0.15, 0.2) is 71.6 Å². The van der Waals surface area contributed by atoms with Crippen LogP contribution in [0.5, 0.6) is 0 Å². The van der Waals surface area contributed by atoms with E-state index in [1.807, 2.05) is 38.1 Å². The lowest BCUT2D eigenvalue weighted by molar-refractivity contribution is -0.116. The molecule has 2 N–H and O–H groups in total. The molecule has 0 saturated heterocycles. The molecule has 8 heteroatoms. The molecule has 0 radical (unpaired) electrons. The van der Waals surface area contributed by atoms with Crippen molar-refractivity contribution < 1.29 is 18.0 Å². The number of amides is 2. The Bertz CT molecular complexity index is 1330. The van der Waals surface area contributed by atoms with Crippen LogP contribution in [-0.4, -0.2) is 33.3 Å². The van der Waals surface area contributed by atoms with Gasteiger partial charge in [0.1, 0.15) is 0 Å². The van der Waals surface area contributed by atoms with Gasteiger partial charge < -0.3 is 10.2 Å². The molecule has 34 heavy (non-hydrogen) atoms. The topological polar surface area (TPSA) is 95.6 Å². The highest BCUT2D eigenvalue weighted by atomic mass is 32.2. The highest BCUT2D eigenvalue weighted by Gasteiger charge is 2.25. The first-order chi connectivity index (χ1) is 16.2. The number of rotatable bonds is 7. The second-order valence-corrected chi connectivity index (χ2v) is 10.1. The van der Waals surface area contributed by atoms with Gasteiger partial charge in [0.15, 0.2) is 0 Å². The van der Waals surface area contributed by atoms with Crippen LogP contribution < -0.4 is 14.9 Å². The van der Waals surface area contributed by atoms with Gasteiger partial charge in [0.05, 0.1) is 4.90 Å². The normalized spacial score (nSPS) is 12.9. The smallest absolute Gasteiger partial charge is 0.258 e. The van der Waals surface area contributed by atoms with Gasteiger partial charge in [-0.3, -0.25) is 9.59 Å².